The van der Waals surface area contributed by atoms with Gasteiger partial charge in [0.15, 0.2) is 0 Å². The van der Waals surface area contributed by atoms with Gasteiger partial charge in [-0.2, -0.15) is 0 Å². The summed E-state index contributed by atoms with van der Waals surface area (Å²) in [5.74, 6) is -0.0250. The van der Waals surface area contributed by atoms with Crippen molar-refractivity contribution < 1.29 is 14.4 Å². The molecule has 1 aliphatic heterocycles. The molecule has 170 valence electrons. The number of hydrogen-bond donors (Lipinski definition) is 3. The van der Waals surface area contributed by atoms with Crippen LogP contribution in [-0.2, 0) is 9.59 Å². The van der Waals surface area contributed by atoms with Crippen LogP contribution in [0.3, 0.4) is 0 Å². The molecule has 0 aliphatic carbocycles. The van der Waals surface area contributed by atoms with Crippen LogP contribution < -0.4 is 20.9 Å². The molecule has 7 nitrogen and oxygen atoms in total. The second-order valence-corrected chi connectivity index (χ2v) is 8.39. The lowest BCUT2D eigenvalue weighted by Gasteiger charge is -2.32. The summed E-state index contributed by atoms with van der Waals surface area (Å²) in [4.78, 5) is 39.1. The quantitative estimate of drug-likeness (QED) is 0.613. The second kappa shape index (κ2) is 10.8. The minimum atomic E-state index is -0.314. The van der Waals surface area contributed by atoms with E-state index in [4.69, 9.17) is 0 Å². The van der Waals surface area contributed by atoms with Crippen LogP contribution >= 0.6 is 0 Å². The first-order valence-electron chi connectivity index (χ1n) is 11.1. The van der Waals surface area contributed by atoms with Gasteiger partial charge in [-0.15, -0.1) is 0 Å². The van der Waals surface area contributed by atoms with Gasteiger partial charge >= 0.3 is 0 Å². The molecule has 2 aromatic carbocycles. The van der Waals surface area contributed by atoms with Gasteiger partial charge in [-0.05, 0) is 61.6 Å². The number of benzene rings is 2. The topological polar surface area (TPSA) is 90.5 Å². The third kappa shape index (κ3) is 6.09. The maximum absolute atomic E-state index is 12.4. The summed E-state index contributed by atoms with van der Waals surface area (Å²) < 4.78 is 0. The molecular formula is C25H32N4O3. The van der Waals surface area contributed by atoms with Crippen molar-refractivity contribution in [2.75, 3.05) is 35.7 Å². The Morgan fingerprint density at radius 3 is 2.19 bits per heavy atom. The van der Waals surface area contributed by atoms with Crippen molar-refractivity contribution >= 4 is 34.8 Å². The van der Waals surface area contributed by atoms with E-state index in [9.17, 15) is 14.4 Å². The van der Waals surface area contributed by atoms with Gasteiger partial charge in [0.2, 0.25) is 11.8 Å². The smallest absolute Gasteiger partial charge is 0.253 e. The van der Waals surface area contributed by atoms with Crippen LogP contribution in [0.2, 0.25) is 0 Å². The van der Waals surface area contributed by atoms with Gasteiger partial charge in [-0.1, -0.05) is 19.1 Å². The van der Waals surface area contributed by atoms with E-state index in [1.807, 2.05) is 37.3 Å². The number of piperidine rings is 1. The molecule has 0 saturated carbocycles. The van der Waals surface area contributed by atoms with Gasteiger partial charge in [0.1, 0.15) is 0 Å². The number of rotatable bonds is 7. The van der Waals surface area contributed by atoms with Crippen LogP contribution in [0.25, 0.3) is 0 Å². The zero-order valence-electron chi connectivity index (χ0n) is 19.0. The molecule has 0 unspecified atom stereocenters. The maximum atomic E-state index is 12.4. The molecule has 1 fully saturated rings. The Labute approximate surface area is 189 Å². The highest BCUT2D eigenvalue weighted by Gasteiger charge is 2.17. The molecule has 1 saturated heterocycles. The van der Waals surface area contributed by atoms with Crippen LogP contribution in [-0.4, -0.2) is 37.9 Å². The summed E-state index contributed by atoms with van der Waals surface area (Å²) in [5.41, 5.74) is 3.51. The van der Waals surface area contributed by atoms with E-state index in [0.29, 0.717) is 16.9 Å². The number of nitrogens with zero attached hydrogens (tertiary/aromatic N) is 1. The molecule has 7 heteroatoms. The summed E-state index contributed by atoms with van der Waals surface area (Å²) in [6.45, 7) is 6.22. The molecule has 0 bridgehead atoms. The summed E-state index contributed by atoms with van der Waals surface area (Å²) in [5, 5.41) is 8.17. The Balaban J connectivity index is 1.49. The zero-order valence-corrected chi connectivity index (χ0v) is 19.0. The molecule has 0 atom stereocenters. The highest BCUT2D eigenvalue weighted by molar-refractivity contribution is 6.05. The van der Waals surface area contributed by atoms with Crippen LogP contribution in [0.5, 0.6) is 0 Å². The Hall–Kier alpha value is -3.35. The lowest BCUT2D eigenvalue weighted by atomic mass is 9.99. The predicted octanol–water partition coefficient (Wildman–Crippen LogP) is 3.95. The minimum Gasteiger partial charge on any atom is -0.372 e. The number of hydrogen-bond acceptors (Lipinski definition) is 4. The van der Waals surface area contributed by atoms with E-state index in [-0.39, 0.29) is 30.6 Å². The van der Waals surface area contributed by atoms with Crippen LogP contribution in [0.4, 0.5) is 17.1 Å². The van der Waals surface area contributed by atoms with Crippen molar-refractivity contribution in [3.63, 3.8) is 0 Å². The third-order valence-corrected chi connectivity index (χ3v) is 5.88. The van der Waals surface area contributed by atoms with E-state index in [2.05, 4.69) is 27.8 Å². The van der Waals surface area contributed by atoms with Crippen molar-refractivity contribution in [2.24, 2.45) is 5.92 Å². The molecule has 1 aliphatic rings. The number of carbonyl (C=O) groups excluding carboxylic acids is 3. The first kappa shape index (κ1) is 23.3. The summed E-state index contributed by atoms with van der Waals surface area (Å²) in [6, 6.07) is 13.1. The molecule has 0 spiro atoms. The van der Waals surface area contributed by atoms with Crippen molar-refractivity contribution in [3.8, 4) is 0 Å². The number of aryl methyl sites for hydroxylation is 1. The van der Waals surface area contributed by atoms with E-state index >= 15 is 0 Å². The minimum absolute atomic E-state index is 0.0248. The van der Waals surface area contributed by atoms with Gasteiger partial charge in [-0.25, -0.2) is 0 Å². The molecule has 1 heterocycles. The Morgan fingerprint density at radius 1 is 0.938 bits per heavy atom. The third-order valence-electron chi connectivity index (χ3n) is 5.88. The first-order chi connectivity index (χ1) is 15.4. The van der Waals surface area contributed by atoms with Crippen LogP contribution in [0.15, 0.2) is 42.5 Å². The van der Waals surface area contributed by atoms with Crippen LogP contribution in [0, 0.1) is 12.8 Å². The number of nitrogens with one attached hydrogen (secondary N) is 3. The largest absolute Gasteiger partial charge is 0.372 e. The lowest BCUT2D eigenvalue weighted by Crippen LogP contribution is -2.32. The van der Waals surface area contributed by atoms with Gasteiger partial charge in [0.05, 0.1) is 11.3 Å². The van der Waals surface area contributed by atoms with E-state index in [0.717, 1.165) is 24.6 Å². The summed E-state index contributed by atoms with van der Waals surface area (Å²) in [7, 11) is 1.55. The molecule has 3 N–H and O–H groups in total. The average Bonchev–Trinajstić information content (AvgIpc) is 2.78. The zero-order chi connectivity index (χ0) is 23.1. The van der Waals surface area contributed by atoms with Gasteiger partial charge in [-0.3, -0.25) is 14.4 Å². The highest BCUT2D eigenvalue weighted by Crippen LogP contribution is 2.24. The van der Waals surface area contributed by atoms with Gasteiger partial charge in [0, 0.05) is 44.4 Å². The van der Waals surface area contributed by atoms with Crippen molar-refractivity contribution in [1.82, 2.24) is 5.32 Å². The Bertz CT molecular complexity index is 964. The predicted molar refractivity (Wildman–Crippen MR) is 128 cm³/mol. The summed E-state index contributed by atoms with van der Waals surface area (Å²) >= 11 is 0. The van der Waals surface area contributed by atoms with E-state index in [1.54, 1.807) is 19.2 Å². The molecule has 3 amide bonds. The van der Waals surface area contributed by atoms with Gasteiger partial charge in [0.25, 0.3) is 5.91 Å². The Morgan fingerprint density at radius 2 is 1.56 bits per heavy atom. The lowest BCUT2D eigenvalue weighted by molar-refractivity contribution is -0.121. The SMILES string of the molecule is CNC(=O)c1c(C)cccc1NC(=O)CCC(=O)Nc1ccc(N2CCC(C)CC2)cc1. The van der Waals surface area contributed by atoms with Crippen molar-refractivity contribution in [2.45, 2.75) is 39.5 Å². The average molecular weight is 437 g/mol. The fourth-order valence-corrected chi connectivity index (χ4v) is 3.88. The standard InChI is InChI=1S/C25H32N4O3/c1-17-13-15-29(16-14-17)20-9-7-19(8-10-20)27-22(30)11-12-23(31)28-21-6-4-5-18(2)24(21)25(32)26-3/h4-10,17H,11-16H2,1-3H3,(H,26,32)(H,27,30)(H,28,31). The Kier molecular flexibility index (Phi) is 7.87. The van der Waals surface area contributed by atoms with Gasteiger partial charge < -0.3 is 20.9 Å². The van der Waals surface area contributed by atoms with Crippen LogP contribution in [0.1, 0.15) is 48.5 Å². The van der Waals surface area contributed by atoms with E-state index in [1.165, 1.54) is 18.5 Å². The summed E-state index contributed by atoms with van der Waals surface area (Å²) in [6.07, 6.45) is 2.48. The first-order valence-corrected chi connectivity index (χ1v) is 11.1. The number of anilines is 3. The van der Waals surface area contributed by atoms with Crippen molar-refractivity contribution in [3.05, 3.63) is 53.6 Å². The molecular weight excluding hydrogens is 404 g/mol. The molecule has 3 rings (SSSR count). The number of carbonyl (C=O) groups is 3. The second-order valence-electron chi connectivity index (χ2n) is 8.39. The normalized spacial score (nSPS) is 14.0. The highest BCUT2D eigenvalue weighted by atomic mass is 16.2. The fourth-order valence-electron chi connectivity index (χ4n) is 3.88. The van der Waals surface area contributed by atoms with Crippen molar-refractivity contribution in [1.29, 1.82) is 0 Å². The fraction of sp³-hybridized carbons (Fsp3) is 0.400. The maximum Gasteiger partial charge on any atom is 0.253 e. The molecule has 0 aromatic heterocycles. The monoisotopic (exact) mass is 436 g/mol. The number of amides is 3. The molecule has 2 aromatic rings. The van der Waals surface area contributed by atoms with E-state index < -0.39 is 0 Å². The molecule has 32 heavy (non-hydrogen) atoms. The molecule has 0 radical (unpaired) electrons.